The molecule has 10 atom stereocenters. The maximum Gasteiger partial charge on any atom is 0.187 e. The summed E-state index contributed by atoms with van der Waals surface area (Å²) in [5, 5.41) is 76.5. The molecule has 2 fully saturated rings. The smallest absolute Gasteiger partial charge is 0.187 e. The second kappa shape index (κ2) is 7.63. The first-order valence-electron chi connectivity index (χ1n) is 7.08. The van der Waals surface area contributed by atoms with Crippen molar-refractivity contribution in [1.82, 2.24) is 0 Å². The summed E-state index contributed by atoms with van der Waals surface area (Å²) in [7, 11) is 0. The van der Waals surface area contributed by atoms with Crippen molar-refractivity contribution in [3.63, 3.8) is 0 Å². The Morgan fingerprint density at radius 3 is 1.83 bits per heavy atom. The Balaban J connectivity index is 2.11. The maximum atomic E-state index is 9.94. The topological polar surface area (TPSA) is 190 Å². The van der Waals surface area contributed by atoms with Crippen LogP contribution in [0, 0.1) is 0 Å². The van der Waals surface area contributed by atoms with E-state index in [1.807, 2.05) is 0 Å². The van der Waals surface area contributed by atoms with E-state index in [0.717, 1.165) is 0 Å². The van der Waals surface area contributed by atoms with Crippen LogP contribution in [0.5, 0.6) is 0 Å². The zero-order valence-corrected chi connectivity index (χ0v) is 12.0. The van der Waals surface area contributed by atoms with Crippen molar-refractivity contribution >= 4 is 0 Å². The molecule has 0 aromatic rings. The molecule has 0 amide bonds. The zero-order chi connectivity index (χ0) is 17.3. The monoisotopic (exact) mass is 342 g/mol. The van der Waals surface area contributed by atoms with Crippen LogP contribution in [-0.4, -0.2) is 115 Å². The van der Waals surface area contributed by atoms with Crippen molar-refractivity contribution in [2.24, 2.45) is 0 Å². The molecule has 0 aliphatic carbocycles. The van der Waals surface area contributed by atoms with Gasteiger partial charge in [0.25, 0.3) is 0 Å². The SMILES string of the molecule is OC[C@H]1O[C@H](O)[C@@H](O)[C@@H](O)C1O[C@H]1O[C@H](CO)[C@@H](O)[C@H](O)[C@@H]1O. The standard InChI is InChI=1S/C12H22O11/c13-1-3-5(15)6(16)9(19)12(22-3)23-10-4(2-14)21-11(20)8(18)7(10)17/h3-20H,1-2H2/t3-,4-,5-,6+,7-,8+,9+,10?,11+,12-/m1/s1. The van der Waals surface area contributed by atoms with E-state index in [9.17, 15) is 35.7 Å². The Morgan fingerprint density at radius 1 is 0.652 bits per heavy atom. The summed E-state index contributed by atoms with van der Waals surface area (Å²) >= 11 is 0. The number of aliphatic hydroxyl groups is 8. The Morgan fingerprint density at radius 2 is 1.26 bits per heavy atom. The summed E-state index contributed by atoms with van der Waals surface area (Å²) in [6, 6.07) is 0. The van der Waals surface area contributed by atoms with Gasteiger partial charge in [0.2, 0.25) is 0 Å². The van der Waals surface area contributed by atoms with Gasteiger partial charge in [0, 0.05) is 0 Å². The van der Waals surface area contributed by atoms with E-state index in [2.05, 4.69) is 0 Å². The van der Waals surface area contributed by atoms with Crippen LogP contribution in [0.3, 0.4) is 0 Å². The molecule has 2 saturated heterocycles. The van der Waals surface area contributed by atoms with E-state index in [-0.39, 0.29) is 0 Å². The molecule has 0 spiro atoms. The van der Waals surface area contributed by atoms with Gasteiger partial charge in [-0.05, 0) is 0 Å². The highest BCUT2D eigenvalue weighted by Crippen LogP contribution is 2.28. The maximum absolute atomic E-state index is 9.94. The molecule has 23 heavy (non-hydrogen) atoms. The minimum Gasteiger partial charge on any atom is -0.394 e. The average Bonchev–Trinajstić information content (AvgIpc) is 2.55. The van der Waals surface area contributed by atoms with Crippen LogP contribution < -0.4 is 0 Å². The third-order valence-corrected chi connectivity index (χ3v) is 3.98. The lowest BCUT2D eigenvalue weighted by Gasteiger charge is -2.45. The fourth-order valence-electron chi connectivity index (χ4n) is 2.57. The van der Waals surface area contributed by atoms with E-state index >= 15 is 0 Å². The zero-order valence-electron chi connectivity index (χ0n) is 12.0. The molecule has 0 radical (unpaired) electrons. The van der Waals surface area contributed by atoms with Crippen LogP contribution in [0.4, 0.5) is 0 Å². The molecule has 2 rings (SSSR count). The van der Waals surface area contributed by atoms with Crippen LogP contribution in [0.25, 0.3) is 0 Å². The lowest BCUT2D eigenvalue weighted by molar-refractivity contribution is -0.355. The minimum absolute atomic E-state index is 0.667. The Hall–Kier alpha value is -0.440. The third-order valence-electron chi connectivity index (χ3n) is 3.98. The number of ether oxygens (including phenoxy) is 3. The third kappa shape index (κ3) is 3.65. The number of hydrogen-bond donors (Lipinski definition) is 8. The molecule has 0 bridgehead atoms. The summed E-state index contributed by atoms with van der Waals surface area (Å²) in [6.07, 6.45) is -15.6. The predicted molar refractivity (Wildman–Crippen MR) is 68.6 cm³/mol. The molecule has 2 aliphatic heterocycles. The summed E-state index contributed by atoms with van der Waals surface area (Å²) in [4.78, 5) is 0. The molecule has 136 valence electrons. The number of hydrogen-bond acceptors (Lipinski definition) is 11. The van der Waals surface area contributed by atoms with Crippen molar-refractivity contribution in [3.05, 3.63) is 0 Å². The predicted octanol–water partition coefficient (Wildman–Crippen LogP) is -5.40. The lowest BCUT2D eigenvalue weighted by atomic mass is 9.97. The summed E-state index contributed by atoms with van der Waals surface area (Å²) in [6.45, 7) is -1.35. The van der Waals surface area contributed by atoms with Crippen LogP contribution >= 0.6 is 0 Å². The summed E-state index contributed by atoms with van der Waals surface area (Å²) in [5.74, 6) is 0. The Labute approximate surface area is 130 Å². The van der Waals surface area contributed by atoms with Crippen molar-refractivity contribution in [1.29, 1.82) is 0 Å². The largest absolute Gasteiger partial charge is 0.394 e. The molecule has 1 unspecified atom stereocenters. The van der Waals surface area contributed by atoms with Crippen LogP contribution in [0.15, 0.2) is 0 Å². The van der Waals surface area contributed by atoms with Gasteiger partial charge in [0.05, 0.1) is 13.2 Å². The summed E-state index contributed by atoms with van der Waals surface area (Å²) < 4.78 is 15.3. The molecular weight excluding hydrogens is 320 g/mol. The average molecular weight is 342 g/mol. The van der Waals surface area contributed by atoms with Gasteiger partial charge in [-0.2, -0.15) is 0 Å². The molecule has 2 aliphatic rings. The molecule has 0 saturated carbocycles. The van der Waals surface area contributed by atoms with Crippen LogP contribution in [0.2, 0.25) is 0 Å². The molecule has 0 aromatic carbocycles. The number of rotatable bonds is 4. The van der Waals surface area contributed by atoms with Crippen LogP contribution in [-0.2, 0) is 14.2 Å². The van der Waals surface area contributed by atoms with Gasteiger partial charge >= 0.3 is 0 Å². The van der Waals surface area contributed by atoms with Gasteiger partial charge in [-0.1, -0.05) is 0 Å². The van der Waals surface area contributed by atoms with Gasteiger partial charge < -0.3 is 55.1 Å². The van der Waals surface area contributed by atoms with Gasteiger partial charge in [-0.25, -0.2) is 0 Å². The molecule has 0 aromatic heterocycles. The van der Waals surface area contributed by atoms with Gasteiger partial charge in [-0.15, -0.1) is 0 Å². The molecule has 8 N–H and O–H groups in total. The molecule has 2 heterocycles. The highest BCUT2D eigenvalue weighted by Gasteiger charge is 2.50. The van der Waals surface area contributed by atoms with Crippen molar-refractivity contribution in [2.75, 3.05) is 13.2 Å². The fourth-order valence-corrected chi connectivity index (χ4v) is 2.57. The van der Waals surface area contributed by atoms with E-state index in [1.54, 1.807) is 0 Å². The van der Waals surface area contributed by atoms with Crippen molar-refractivity contribution < 1.29 is 55.1 Å². The highest BCUT2D eigenvalue weighted by atomic mass is 16.7. The van der Waals surface area contributed by atoms with Gasteiger partial charge in [0.15, 0.2) is 12.6 Å². The quantitative estimate of drug-likeness (QED) is 0.243. The first-order chi connectivity index (χ1) is 10.8. The normalized spacial score (nSPS) is 51.7. The van der Waals surface area contributed by atoms with Crippen LogP contribution in [0.1, 0.15) is 0 Å². The van der Waals surface area contributed by atoms with Gasteiger partial charge in [0.1, 0.15) is 48.8 Å². The van der Waals surface area contributed by atoms with Gasteiger partial charge in [-0.3, -0.25) is 0 Å². The second-order valence-corrected chi connectivity index (χ2v) is 5.53. The second-order valence-electron chi connectivity index (χ2n) is 5.53. The van der Waals surface area contributed by atoms with E-state index in [4.69, 9.17) is 19.3 Å². The number of aliphatic hydroxyl groups excluding tert-OH is 8. The first-order valence-corrected chi connectivity index (χ1v) is 7.08. The minimum atomic E-state index is -1.74. The fraction of sp³-hybridized carbons (Fsp3) is 1.00. The lowest BCUT2D eigenvalue weighted by Crippen LogP contribution is -2.64. The van der Waals surface area contributed by atoms with E-state index in [1.165, 1.54) is 0 Å². The highest BCUT2D eigenvalue weighted by molar-refractivity contribution is 4.93. The first kappa shape index (κ1) is 18.9. The van der Waals surface area contributed by atoms with Crippen molar-refractivity contribution in [2.45, 2.75) is 61.4 Å². The summed E-state index contributed by atoms with van der Waals surface area (Å²) in [5.41, 5.74) is 0. The Bertz CT molecular complexity index is 378. The van der Waals surface area contributed by atoms with E-state index < -0.39 is 74.6 Å². The Kier molecular flexibility index (Phi) is 6.27. The molecule has 11 nitrogen and oxygen atoms in total. The van der Waals surface area contributed by atoms with E-state index in [0.29, 0.717) is 0 Å². The molecular formula is C12H22O11. The van der Waals surface area contributed by atoms with Crippen molar-refractivity contribution in [3.8, 4) is 0 Å². The molecule has 11 heteroatoms.